The van der Waals surface area contributed by atoms with Crippen molar-refractivity contribution in [2.24, 2.45) is 7.05 Å². The molecule has 0 aliphatic rings. The van der Waals surface area contributed by atoms with E-state index in [1.54, 1.807) is 0 Å². The molecule has 0 aliphatic heterocycles. The minimum Gasteiger partial charge on any atom is -0.452 e. The number of para-hydroxylation sites is 2. The zero-order chi connectivity index (χ0) is 21.3. The van der Waals surface area contributed by atoms with Gasteiger partial charge < -0.3 is 8.83 Å². The Morgan fingerprint density at radius 3 is 2.26 bits per heavy atom. The maximum absolute atomic E-state index is 6.53. The Morgan fingerprint density at radius 1 is 0.710 bits per heavy atom. The molecule has 3 aromatic carbocycles. The van der Waals surface area contributed by atoms with Crippen LogP contribution in [0.5, 0.6) is 0 Å². The highest BCUT2D eigenvalue weighted by molar-refractivity contribution is 6.15. The van der Waals surface area contributed by atoms with Gasteiger partial charge in [0.1, 0.15) is 29.2 Å². The number of benzene rings is 3. The summed E-state index contributed by atoms with van der Waals surface area (Å²) in [5.74, 6) is 1.08. The third-order valence-electron chi connectivity index (χ3n) is 6.27. The summed E-state index contributed by atoms with van der Waals surface area (Å²) in [6.45, 7) is 6.46. The van der Waals surface area contributed by atoms with Crippen LogP contribution in [0.4, 0.5) is 0 Å². The Morgan fingerprint density at radius 2 is 1.45 bits per heavy atom. The summed E-state index contributed by atoms with van der Waals surface area (Å²) in [7, 11) is 2.08. The molecular formula is C27H23N2O2+. The summed E-state index contributed by atoms with van der Waals surface area (Å²) in [5, 5.41) is 2.01. The quantitative estimate of drug-likeness (QED) is 0.306. The maximum Gasteiger partial charge on any atom is 0.297 e. The van der Waals surface area contributed by atoms with Gasteiger partial charge in [0.2, 0.25) is 0 Å². The van der Waals surface area contributed by atoms with Crippen LogP contribution in [-0.2, 0) is 7.05 Å². The molecule has 3 aromatic heterocycles. The van der Waals surface area contributed by atoms with Gasteiger partial charge in [-0.2, -0.15) is 4.57 Å². The Balaban J connectivity index is 1.72. The first-order chi connectivity index (χ1) is 15.0. The lowest BCUT2D eigenvalue weighted by atomic mass is 10.0. The molecule has 152 valence electrons. The van der Waals surface area contributed by atoms with E-state index in [1.807, 2.05) is 18.2 Å². The first-order valence-electron chi connectivity index (χ1n) is 10.5. The molecular weight excluding hydrogens is 384 g/mol. The summed E-state index contributed by atoms with van der Waals surface area (Å²) in [6, 6.07) is 18.7. The Labute approximate surface area is 179 Å². The lowest BCUT2D eigenvalue weighted by molar-refractivity contribution is -0.659. The Kier molecular flexibility index (Phi) is 3.69. The Hall–Kier alpha value is -3.79. The van der Waals surface area contributed by atoms with Crippen LogP contribution in [0.2, 0.25) is 0 Å². The molecule has 3 heterocycles. The summed E-state index contributed by atoms with van der Waals surface area (Å²) in [4.78, 5) is 0. The fraction of sp³-hybridized carbons (Fsp3) is 0.148. The van der Waals surface area contributed by atoms with Crippen LogP contribution in [-0.4, -0.2) is 4.57 Å². The zero-order valence-electron chi connectivity index (χ0n) is 18.1. The summed E-state index contributed by atoms with van der Waals surface area (Å²) in [6.07, 6.45) is 4.23. The third kappa shape index (κ3) is 2.45. The second kappa shape index (κ2) is 6.35. The smallest absolute Gasteiger partial charge is 0.297 e. The molecule has 0 aliphatic carbocycles. The van der Waals surface area contributed by atoms with Gasteiger partial charge in [-0.25, -0.2) is 4.57 Å². The Bertz CT molecular complexity index is 1610. The molecule has 0 bridgehead atoms. The fourth-order valence-corrected chi connectivity index (χ4v) is 4.79. The molecule has 0 saturated carbocycles. The van der Waals surface area contributed by atoms with E-state index in [0.717, 1.165) is 50.1 Å². The number of nitrogens with zero attached hydrogens (tertiary/aromatic N) is 2. The summed E-state index contributed by atoms with van der Waals surface area (Å²) >= 11 is 0. The van der Waals surface area contributed by atoms with Gasteiger partial charge >= 0.3 is 0 Å². The fourth-order valence-electron chi connectivity index (χ4n) is 4.79. The van der Waals surface area contributed by atoms with E-state index in [4.69, 9.17) is 8.83 Å². The summed E-state index contributed by atoms with van der Waals surface area (Å²) in [5.41, 5.74) is 9.26. The van der Waals surface area contributed by atoms with Crippen molar-refractivity contribution >= 4 is 33.1 Å². The van der Waals surface area contributed by atoms with E-state index >= 15 is 0 Å². The molecule has 4 nitrogen and oxygen atoms in total. The van der Waals surface area contributed by atoms with Crippen molar-refractivity contribution in [3.8, 4) is 17.1 Å². The molecule has 0 spiro atoms. The molecule has 0 amide bonds. The van der Waals surface area contributed by atoms with Gasteiger partial charge in [0.05, 0.1) is 17.8 Å². The topological polar surface area (TPSA) is 35.1 Å². The lowest BCUT2D eigenvalue weighted by Crippen LogP contribution is -2.29. The van der Waals surface area contributed by atoms with Crippen LogP contribution >= 0.6 is 0 Å². The first kappa shape index (κ1) is 18.0. The van der Waals surface area contributed by atoms with Crippen molar-refractivity contribution in [3.63, 3.8) is 0 Å². The maximum atomic E-state index is 6.53. The minimum atomic E-state index is 0.810. The number of hydrogen-bond donors (Lipinski definition) is 0. The predicted molar refractivity (Wildman–Crippen MR) is 124 cm³/mol. The van der Waals surface area contributed by atoms with Gasteiger partial charge in [-0.3, -0.25) is 0 Å². The largest absolute Gasteiger partial charge is 0.452 e. The SMILES string of the molecule is Cc1cccc(C)c1-n1cc[n+](C)c1-c1c(C)ccc2c1oc1c3ccccc3oc21. The van der Waals surface area contributed by atoms with Crippen molar-refractivity contribution < 1.29 is 13.4 Å². The average Bonchev–Trinajstić information content (AvgIpc) is 3.40. The molecule has 0 fully saturated rings. The van der Waals surface area contributed by atoms with Crippen molar-refractivity contribution in [2.75, 3.05) is 0 Å². The van der Waals surface area contributed by atoms with Crippen molar-refractivity contribution in [3.05, 3.63) is 83.7 Å². The second-order valence-electron chi connectivity index (χ2n) is 8.34. The molecule has 31 heavy (non-hydrogen) atoms. The molecule has 0 saturated heterocycles. The minimum absolute atomic E-state index is 0.810. The van der Waals surface area contributed by atoms with Gasteiger partial charge in [0.25, 0.3) is 5.82 Å². The van der Waals surface area contributed by atoms with Gasteiger partial charge in [0, 0.05) is 0 Å². The van der Waals surface area contributed by atoms with Gasteiger partial charge in [0.15, 0.2) is 16.7 Å². The van der Waals surface area contributed by atoms with E-state index in [-0.39, 0.29) is 0 Å². The highest BCUT2D eigenvalue weighted by atomic mass is 16.4. The second-order valence-corrected chi connectivity index (χ2v) is 8.34. The van der Waals surface area contributed by atoms with Gasteiger partial charge in [-0.05, 0) is 55.7 Å². The number of hydrogen-bond acceptors (Lipinski definition) is 2. The number of furan rings is 2. The van der Waals surface area contributed by atoms with E-state index in [0.29, 0.717) is 0 Å². The van der Waals surface area contributed by atoms with E-state index < -0.39 is 0 Å². The number of aryl methyl sites for hydroxylation is 4. The van der Waals surface area contributed by atoms with Crippen LogP contribution in [0.15, 0.2) is 75.8 Å². The van der Waals surface area contributed by atoms with Crippen LogP contribution < -0.4 is 4.57 Å². The van der Waals surface area contributed by atoms with Crippen LogP contribution in [0.3, 0.4) is 0 Å². The van der Waals surface area contributed by atoms with Crippen molar-refractivity contribution in [1.82, 2.24) is 4.57 Å². The van der Waals surface area contributed by atoms with Gasteiger partial charge in [-0.15, -0.1) is 0 Å². The van der Waals surface area contributed by atoms with Crippen LogP contribution in [0.25, 0.3) is 50.2 Å². The first-order valence-corrected chi connectivity index (χ1v) is 10.5. The van der Waals surface area contributed by atoms with Crippen molar-refractivity contribution in [2.45, 2.75) is 20.8 Å². The van der Waals surface area contributed by atoms with E-state index in [2.05, 4.69) is 85.7 Å². The van der Waals surface area contributed by atoms with Crippen molar-refractivity contribution in [1.29, 1.82) is 0 Å². The normalized spacial score (nSPS) is 11.9. The lowest BCUT2D eigenvalue weighted by Gasteiger charge is -2.10. The molecule has 4 heteroatoms. The number of fused-ring (bicyclic) bond motifs is 5. The molecule has 0 atom stereocenters. The third-order valence-corrected chi connectivity index (χ3v) is 6.27. The highest BCUT2D eigenvalue weighted by Gasteiger charge is 2.28. The predicted octanol–water partition coefficient (Wildman–Crippen LogP) is 6.54. The number of aromatic nitrogens is 2. The molecule has 6 rings (SSSR count). The molecule has 6 aromatic rings. The van der Waals surface area contributed by atoms with Gasteiger partial charge in [-0.1, -0.05) is 36.4 Å². The van der Waals surface area contributed by atoms with E-state index in [9.17, 15) is 0 Å². The zero-order valence-corrected chi connectivity index (χ0v) is 18.1. The summed E-state index contributed by atoms with van der Waals surface area (Å²) < 4.78 is 17.2. The highest BCUT2D eigenvalue weighted by Crippen LogP contribution is 2.41. The van der Waals surface area contributed by atoms with Crippen LogP contribution in [0, 0.1) is 20.8 Å². The number of rotatable bonds is 2. The molecule has 0 radical (unpaired) electrons. The van der Waals surface area contributed by atoms with E-state index in [1.165, 1.54) is 16.8 Å². The molecule has 0 unspecified atom stereocenters. The average molecular weight is 407 g/mol. The molecule has 0 N–H and O–H groups in total. The number of imidazole rings is 1. The van der Waals surface area contributed by atoms with Crippen LogP contribution in [0.1, 0.15) is 16.7 Å². The standard InChI is InChI=1S/C27H23N2O2/c1-16-12-13-20-24(31-25-19-10-5-6-11-21(19)30-26(20)25)22(16)27-28(4)14-15-29(27)23-17(2)8-7-9-18(23)3/h5-15H,1-4H3/q+1. The monoisotopic (exact) mass is 407 g/mol.